The molecule has 1 aliphatic heterocycles. The monoisotopic (exact) mass is 260 g/mol. The van der Waals surface area contributed by atoms with Gasteiger partial charge in [-0.2, -0.15) is 0 Å². The van der Waals surface area contributed by atoms with E-state index in [1.165, 1.54) is 16.1 Å². The van der Waals surface area contributed by atoms with E-state index < -0.39 is 0 Å². The molecular weight excluding hydrogens is 244 g/mol. The predicted octanol–water partition coefficient (Wildman–Crippen LogP) is 2.83. The van der Waals surface area contributed by atoms with Crippen LogP contribution in [-0.4, -0.2) is 26.3 Å². The fourth-order valence-corrected chi connectivity index (χ4v) is 3.04. The molecule has 1 saturated heterocycles. The molecule has 4 heteroatoms. The highest BCUT2D eigenvalue weighted by molar-refractivity contribution is 7.14. The first-order valence-corrected chi connectivity index (χ1v) is 6.98. The minimum Gasteiger partial charge on any atom is -0.399 e. The number of anilines is 2. The van der Waals surface area contributed by atoms with E-state index in [1.54, 1.807) is 11.3 Å². The minimum absolute atomic E-state index is 0.809. The summed E-state index contributed by atoms with van der Waals surface area (Å²) in [5.74, 6) is 0. The first kappa shape index (κ1) is 11.6. The second-order valence-corrected chi connectivity index (χ2v) is 5.30. The van der Waals surface area contributed by atoms with Gasteiger partial charge in [-0.05, 0) is 23.8 Å². The average Bonchev–Trinajstić information content (AvgIpc) is 2.90. The lowest BCUT2D eigenvalue weighted by Gasteiger charge is -2.27. The number of rotatable bonds is 2. The topological polar surface area (TPSA) is 38.5 Å². The zero-order chi connectivity index (χ0) is 12.4. The van der Waals surface area contributed by atoms with Gasteiger partial charge in [0.2, 0.25) is 0 Å². The summed E-state index contributed by atoms with van der Waals surface area (Å²) in [6.45, 7) is 3.62. The second-order valence-electron chi connectivity index (χ2n) is 4.39. The highest BCUT2D eigenvalue weighted by Crippen LogP contribution is 2.32. The molecule has 94 valence electrons. The van der Waals surface area contributed by atoms with Crippen LogP contribution in [0.2, 0.25) is 0 Å². The smallest absolute Gasteiger partial charge is 0.0642 e. The van der Waals surface area contributed by atoms with Crippen molar-refractivity contribution in [2.24, 2.45) is 0 Å². The lowest BCUT2D eigenvalue weighted by atomic mass is 10.1. The molecule has 2 N–H and O–H groups in total. The van der Waals surface area contributed by atoms with Crippen molar-refractivity contribution in [3.05, 3.63) is 35.7 Å². The minimum atomic E-state index is 0.809. The molecule has 1 aromatic heterocycles. The molecule has 1 aromatic carbocycles. The number of nitrogens with two attached hydrogens (primary N) is 1. The van der Waals surface area contributed by atoms with Gasteiger partial charge in [0.05, 0.1) is 13.2 Å². The maximum atomic E-state index is 5.71. The van der Waals surface area contributed by atoms with Gasteiger partial charge in [-0.25, -0.2) is 0 Å². The SMILES string of the molecule is Nc1ccc(-c2cc(N3CCOCC3)cs2)cc1. The molecule has 18 heavy (non-hydrogen) atoms. The Bertz CT molecular complexity index is 515. The van der Waals surface area contributed by atoms with Gasteiger partial charge in [-0.3, -0.25) is 0 Å². The Kier molecular flexibility index (Phi) is 3.21. The number of hydrogen-bond donors (Lipinski definition) is 1. The van der Waals surface area contributed by atoms with Crippen molar-refractivity contribution in [3.63, 3.8) is 0 Å². The standard InChI is InChI=1S/C14H16N2OS/c15-12-3-1-11(2-4-12)14-9-13(10-18-14)16-5-7-17-8-6-16/h1-4,9-10H,5-8,15H2. The van der Waals surface area contributed by atoms with Crippen molar-refractivity contribution >= 4 is 22.7 Å². The van der Waals surface area contributed by atoms with Crippen molar-refractivity contribution in [1.82, 2.24) is 0 Å². The molecule has 0 radical (unpaired) electrons. The van der Waals surface area contributed by atoms with Crippen molar-refractivity contribution in [2.45, 2.75) is 0 Å². The molecule has 0 spiro atoms. The zero-order valence-corrected chi connectivity index (χ0v) is 11.0. The molecule has 0 saturated carbocycles. The second kappa shape index (κ2) is 5.00. The molecule has 3 rings (SSSR count). The number of thiophene rings is 1. The molecular formula is C14H16N2OS. The number of benzene rings is 1. The van der Waals surface area contributed by atoms with Crippen LogP contribution in [0.1, 0.15) is 0 Å². The molecule has 3 nitrogen and oxygen atoms in total. The van der Waals surface area contributed by atoms with Gasteiger partial charge in [0.25, 0.3) is 0 Å². The lowest BCUT2D eigenvalue weighted by molar-refractivity contribution is 0.123. The van der Waals surface area contributed by atoms with Crippen LogP contribution in [0.4, 0.5) is 11.4 Å². The number of ether oxygens (including phenoxy) is 1. The van der Waals surface area contributed by atoms with E-state index in [2.05, 4.69) is 28.5 Å². The van der Waals surface area contributed by atoms with E-state index in [0.29, 0.717) is 0 Å². The third-order valence-corrected chi connectivity index (χ3v) is 4.12. The largest absolute Gasteiger partial charge is 0.399 e. The Morgan fingerprint density at radius 2 is 1.83 bits per heavy atom. The fraction of sp³-hybridized carbons (Fsp3) is 0.286. The van der Waals surface area contributed by atoms with Crippen LogP contribution in [0.25, 0.3) is 10.4 Å². The predicted molar refractivity (Wildman–Crippen MR) is 77.2 cm³/mol. The van der Waals surface area contributed by atoms with E-state index in [9.17, 15) is 0 Å². The molecule has 1 aliphatic rings. The van der Waals surface area contributed by atoms with Gasteiger partial charge in [-0.1, -0.05) is 12.1 Å². The number of morpholine rings is 1. The summed E-state index contributed by atoms with van der Waals surface area (Å²) in [5.41, 5.74) is 9.05. The molecule has 1 fully saturated rings. The van der Waals surface area contributed by atoms with E-state index in [0.717, 1.165) is 32.0 Å². The normalized spacial score (nSPS) is 15.9. The van der Waals surface area contributed by atoms with E-state index >= 15 is 0 Å². The van der Waals surface area contributed by atoms with Gasteiger partial charge in [-0.15, -0.1) is 11.3 Å². The lowest BCUT2D eigenvalue weighted by Crippen LogP contribution is -2.35. The summed E-state index contributed by atoms with van der Waals surface area (Å²) in [6.07, 6.45) is 0. The Balaban J connectivity index is 1.82. The van der Waals surface area contributed by atoms with Crippen LogP contribution < -0.4 is 10.6 Å². The van der Waals surface area contributed by atoms with Crippen molar-refractivity contribution in [3.8, 4) is 10.4 Å². The number of nitrogens with zero attached hydrogens (tertiary/aromatic N) is 1. The summed E-state index contributed by atoms with van der Waals surface area (Å²) in [6, 6.07) is 10.3. The summed E-state index contributed by atoms with van der Waals surface area (Å²) in [7, 11) is 0. The maximum absolute atomic E-state index is 5.71. The van der Waals surface area contributed by atoms with Gasteiger partial charge < -0.3 is 15.4 Å². The summed E-state index contributed by atoms with van der Waals surface area (Å²) >= 11 is 1.78. The van der Waals surface area contributed by atoms with E-state index in [1.807, 2.05) is 12.1 Å². The Morgan fingerprint density at radius 1 is 1.11 bits per heavy atom. The van der Waals surface area contributed by atoms with Crippen LogP contribution in [0.3, 0.4) is 0 Å². The first-order valence-electron chi connectivity index (χ1n) is 6.10. The molecule has 2 heterocycles. The quantitative estimate of drug-likeness (QED) is 0.844. The zero-order valence-electron chi connectivity index (χ0n) is 10.1. The molecule has 0 unspecified atom stereocenters. The molecule has 2 aromatic rings. The Labute approximate surface area is 111 Å². The van der Waals surface area contributed by atoms with Crippen LogP contribution in [0, 0.1) is 0 Å². The van der Waals surface area contributed by atoms with Gasteiger partial charge in [0.1, 0.15) is 0 Å². The van der Waals surface area contributed by atoms with Crippen LogP contribution in [0.15, 0.2) is 35.7 Å². The molecule has 0 aliphatic carbocycles. The Morgan fingerprint density at radius 3 is 2.56 bits per heavy atom. The van der Waals surface area contributed by atoms with Crippen LogP contribution >= 0.6 is 11.3 Å². The van der Waals surface area contributed by atoms with Gasteiger partial charge in [0.15, 0.2) is 0 Å². The van der Waals surface area contributed by atoms with Gasteiger partial charge >= 0.3 is 0 Å². The highest BCUT2D eigenvalue weighted by atomic mass is 32.1. The number of nitrogen functional groups attached to an aromatic ring is 1. The van der Waals surface area contributed by atoms with Crippen molar-refractivity contribution in [1.29, 1.82) is 0 Å². The summed E-state index contributed by atoms with van der Waals surface area (Å²) < 4.78 is 5.37. The van der Waals surface area contributed by atoms with Crippen molar-refractivity contribution in [2.75, 3.05) is 36.9 Å². The van der Waals surface area contributed by atoms with Gasteiger partial charge in [0, 0.05) is 34.7 Å². The van der Waals surface area contributed by atoms with Crippen LogP contribution in [0.5, 0.6) is 0 Å². The van der Waals surface area contributed by atoms with E-state index in [4.69, 9.17) is 10.5 Å². The third-order valence-electron chi connectivity index (χ3n) is 3.16. The third kappa shape index (κ3) is 2.35. The van der Waals surface area contributed by atoms with Crippen molar-refractivity contribution < 1.29 is 4.74 Å². The molecule has 0 amide bonds. The maximum Gasteiger partial charge on any atom is 0.0642 e. The average molecular weight is 260 g/mol. The molecule has 0 atom stereocenters. The van der Waals surface area contributed by atoms with E-state index in [-0.39, 0.29) is 0 Å². The highest BCUT2D eigenvalue weighted by Gasteiger charge is 2.13. The van der Waals surface area contributed by atoms with Crippen LogP contribution in [-0.2, 0) is 4.74 Å². The Hall–Kier alpha value is -1.52. The first-order chi connectivity index (χ1) is 8.83. The fourth-order valence-electron chi connectivity index (χ4n) is 2.11. The summed E-state index contributed by atoms with van der Waals surface area (Å²) in [4.78, 5) is 3.66. The summed E-state index contributed by atoms with van der Waals surface area (Å²) in [5, 5.41) is 2.22. The molecule has 0 bridgehead atoms. The number of hydrogen-bond acceptors (Lipinski definition) is 4.